The van der Waals surface area contributed by atoms with Crippen LogP contribution in [0.4, 0.5) is 0 Å². The predicted molar refractivity (Wildman–Crippen MR) is 94.2 cm³/mol. The molecule has 0 bridgehead atoms. The minimum absolute atomic E-state index is 0.363. The van der Waals surface area contributed by atoms with Gasteiger partial charge in [0.2, 0.25) is 0 Å². The number of ether oxygens (including phenoxy) is 2. The Bertz CT molecular complexity index is 542. The third-order valence-electron chi connectivity index (χ3n) is 4.60. The number of fused-ring (bicyclic) bond motifs is 1. The van der Waals surface area contributed by atoms with Crippen LogP contribution in [0, 0.1) is 0 Å². The van der Waals surface area contributed by atoms with E-state index in [2.05, 4.69) is 24.1 Å². The third-order valence-corrected chi connectivity index (χ3v) is 4.93. The Kier molecular flexibility index (Phi) is 5.67. The van der Waals surface area contributed by atoms with Crippen LogP contribution in [0.25, 0.3) is 0 Å². The number of hydrogen-bond donors (Lipinski definition) is 1. The monoisotopic (exact) mass is 338 g/mol. The summed E-state index contributed by atoms with van der Waals surface area (Å²) in [6.45, 7) is 11.2. The maximum atomic E-state index is 6.61. The fourth-order valence-corrected chi connectivity index (χ4v) is 3.70. The van der Waals surface area contributed by atoms with Gasteiger partial charge in [0.15, 0.2) is 11.5 Å². The third kappa shape index (κ3) is 3.93. The van der Waals surface area contributed by atoms with Crippen molar-refractivity contribution in [3.05, 3.63) is 22.2 Å². The smallest absolute Gasteiger partial charge is 0.164 e. The Labute approximate surface area is 144 Å². The van der Waals surface area contributed by atoms with Crippen molar-refractivity contribution < 1.29 is 9.47 Å². The van der Waals surface area contributed by atoms with E-state index in [1.54, 1.807) is 0 Å². The first-order valence-corrected chi connectivity index (χ1v) is 9.08. The van der Waals surface area contributed by atoms with Gasteiger partial charge in [-0.1, -0.05) is 25.4 Å². The van der Waals surface area contributed by atoms with Gasteiger partial charge in [0.1, 0.15) is 0 Å². The molecule has 1 saturated heterocycles. The molecule has 0 spiro atoms. The van der Waals surface area contributed by atoms with Crippen LogP contribution >= 0.6 is 11.6 Å². The lowest BCUT2D eigenvalue weighted by Gasteiger charge is -2.28. The molecule has 23 heavy (non-hydrogen) atoms. The summed E-state index contributed by atoms with van der Waals surface area (Å²) >= 11 is 6.61. The van der Waals surface area contributed by atoms with E-state index in [9.17, 15) is 0 Å². The van der Waals surface area contributed by atoms with E-state index >= 15 is 0 Å². The maximum Gasteiger partial charge on any atom is 0.164 e. The van der Waals surface area contributed by atoms with Crippen molar-refractivity contribution in [3.63, 3.8) is 0 Å². The van der Waals surface area contributed by atoms with Gasteiger partial charge >= 0.3 is 0 Å². The van der Waals surface area contributed by atoms with Crippen LogP contribution in [0.1, 0.15) is 37.3 Å². The van der Waals surface area contributed by atoms with Crippen molar-refractivity contribution >= 4 is 11.6 Å². The first kappa shape index (κ1) is 16.9. The topological polar surface area (TPSA) is 33.7 Å². The molecule has 1 aromatic rings. The van der Waals surface area contributed by atoms with Gasteiger partial charge in [0.05, 0.1) is 13.2 Å². The van der Waals surface area contributed by atoms with Crippen LogP contribution in [0.3, 0.4) is 0 Å². The minimum Gasteiger partial charge on any atom is -0.489 e. The van der Waals surface area contributed by atoms with Crippen LogP contribution in [0.2, 0.25) is 5.02 Å². The quantitative estimate of drug-likeness (QED) is 0.914. The molecule has 0 amide bonds. The van der Waals surface area contributed by atoms with Gasteiger partial charge < -0.3 is 19.7 Å². The number of nitrogens with one attached hydrogen (secondary N) is 1. The molecule has 2 aliphatic rings. The number of halogens is 1. The highest BCUT2D eigenvalue weighted by molar-refractivity contribution is 6.31. The van der Waals surface area contributed by atoms with E-state index in [0.717, 1.165) is 62.1 Å². The summed E-state index contributed by atoms with van der Waals surface area (Å²) in [4.78, 5) is 2.50. The van der Waals surface area contributed by atoms with Gasteiger partial charge in [-0.05, 0) is 17.9 Å². The maximum absolute atomic E-state index is 6.61. The second-order valence-corrected chi connectivity index (χ2v) is 7.03. The van der Waals surface area contributed by atoms with Crippen LogP contribution < -0.4 is 14.8 Å². The van der Waals surface area contributed by atoms with E-state index in [0.29, 0.717) is 19.1 Å². The molecule has 0 unspecified atom stereocenters. The van der Waals surface area contributed by atoms with Crippen molar-refractivity contribution in [2.45, 2.75) is 32.6 Å². The second-order valence-electron chi connectivity index (χ2n) is 6.62. The number of piperazine rings is 1. The molecule has 0 aliphatic carbocycles. The fourth-order valence-electron chi connectivity index (χ4n) is 3.41. The Hall–Kier alpha value is -0.970. The van der Waals surface area contributed by atoms with E-state index < -0.39 is 0 Å². The number of rotatable bonds is 4. The highest BCUT2D eigenvalue weighted by Gasteiger charge is 2.24. The molecule has 1 N–H and O–H groups in total. The van der Waals surface area contributed by atoms with Crippen molar-refractivity contribution in [2.24, 2.45) is 0 Å². The lowest BCUT2D eigenvalue weighted by Crippen LogP contribution is -2.44. The van der Waals surface area contributed by atoms with E-state index in [-0.39, 0.29) is 0 Å². The largest absolute Gasteiger partial charge is 0.489 e. The SMILES string of the molecule is CC(C)c1c(CCN2CCNCC2)c(Cl)cc2c1OCCCO2. The van der Waals surface area contributed by atoms with E-state index in [1.807, 2.05) is 6.07 Å². The number of nitrogens with zero attached hydrogens (tertiary/aromatic N) is 1. The summed E-state index contributed by atoms with van der Waals surface area (Å²) in [6.07, 6.45) is 1.88. The normalized spacial score (nSPS) is 19.0. The zero-order valence-corrected chi connectivity index (χ0v) is 14.9. The highest BCUT2D eigenvalue weighted by atomic mass is 35.5. The average molecular weight is 339 g/mol. The molecule has 0 atom stereocenters. The molecule has 1 aromatic carbocycles. The predicted octanol–water partition coefficient (Wildman–Crippen LogP) is 3.07. The fraction of sp³-hybridized carbons (Fsp3) is 0.667. The van der Waals surface area contributed by atoms with Crippen molar-refractivity contribution in [2.75, 3.05) is 45.9 Å². The molecule has 2 heterocycles. The van der Waals surface area contributed by atoms with Crippen LogP contribution in [0.5, 0.6) is 11.5 Å². The summed E-state index contributed by atoms with van der Waals surface area (Å²) in [5, 5.41) is 4.21. The second kappa shape index (κ2) is 7.73. The molecule has 4 nitrogen and oxygen atoms in total. The van der Waals surface area contributed by atoms with Gasteiger partial charge in [0.25, 0.3) is 0 Å². The Morgan fingerprint density at radius 3 is 2.70 bits per heavy atom. The lowest BCUT2D eigenvalue weighted by atomic mass is 9.93. The number of benzene rings is 1. The minimum atomic E-state index is 0.363. The molecule has 0 aromatic heterocycles. The van der Waals surface area contributed by atoms with Crippen molar-refractivity contribution in [1.82, 2.24) is 10.2 Å². The summed E-state index contributed by atoms with van der Waals surface area (Å²) in [7, 11) is 0. The molecule has 0 saturated carbocycles. The number of hydrogen-bond acceptors (Lipinski definition) is 4. The molecule has 3 rings (SSSR count). The summed E-state index contributed by atoms with van der Waals surface area (Å²) < 4.78 is 11.9. The van der Waals surface area contributed by atoms with Crippen LogP contribution in [-0.2, 0) is 6.42 Å². The zero-order chi connectivity index (χ0) is 16.2. The average Bonchev–Trinajstić information content (AvgIpc) is 2.78. The van der Waals surface area contributed by atoms with Gasteiger partial charge in [-0.2, -0.15) is 0 Å². The van der Waals surface area contributed by atoms with E-state index in [1.165, 1.54) is 11.1 Å². The zero-order valence-electron chi connectivity index (χ0n) is 14.2. The molecule has 1 fully saturated rings. The standard InChI is InChI=1S/C18H27ClN2O2/c1-13(2)17-14(4-7-21-8-5-20-6-9-21)15(19)12-16-18(17)23-11-3-10-22-16/h12-13,20H,3-11H2,1-2H3. The molecular formula is C18H27ClN2O2. The van der Waals surface area contributed by atoms with Crippen molar-refractivity contribution in [3.8, 4) is 11.5 Å². The van der Waals surface area contributed by atoms with Gasteiger partial charge in [-0.3, -0.25) is 0 Å². The van der Waals surface area contributed by atoms with Crippen LogP contribution in [0.15, 0.2) is 6.07 Å². The first-order valence-electron chi connectivity index (χ1n) is 8.70. The Morgan fingerprint density at radius 1 is 1.22 bits per heavy atom. The van der Waals surface area contributed by atoms with Gasteiger partial charge in [-0.15, -0.1) is 0 Å². The summed E-state index contributed by atoms with van der Waals surface area (Å²) in [5.74, 6) is 2.08. The van der Waals surface area contributed by atoms with Gasteiger partial charge in [-0.25, -0.2) is 0 Å². The summed E-state index contributed by atoms with van der Waals surface area (Å²) in [5.41, 5.74) is 2.45. The first-order chi connectivity index (χ1) is 11.2. The van der Waals surface area contributed by atoms with E-state index in [4.69, 9.17) is 21.1 Å². The van der Waals surface area contributed by atoms with Crippen molar-refractivity contribution in [1.29, 1.82) is 0 Å². The summed E-state index contributed by atoms with van der Waals surface area (Å²) in [6, 6.07) is 1.95. The molecule has 2 aliphatic heterocycles. The van der Waals surface area contributed by atoms with Gasteiger partial charge in [0, 0.05) is 55.8 Å². The highest BCUT2D eigenvalue weighted by Crippen LogP contribution is 2.43. The molecule has 128 valence electrons. The molecule has 5 heteroatoms. The van der Waals surface area contributed by atoms with Crippen LogP contribution in [-0.4, -0.2) is 50.8 Å². The molecular weight excluding hydrogens is 312 g/mol. The molecule has 0 radical (unpaired) electrons. The Morgan fingerprint density at radius 2 is 1.96 bits per heavy atom. The Balaban J connectivity index is 1.87. The lowest BCUT2D eigenvalue weighted by molar-refractivity contribution is 0.243.